The lowest BCUT2D eigenvalue weighted by Crippen LogP contribution is -2.04. The quantitative estimate of drug-likeness (QED) is 0.381. The molecule has 0 saturated carbocycles. The van der Waals surface area contributed by atoms with Crippen molar-refractivity contribution in [3.05, 3.63) is 41.5 Å². The van der Waals surface area contributed by atoms with E-state index in [1.165, 1.54) is 25.1 Å². The maximum Gasteiger partial charge on any atom is 0.362 e. The standard InChI is InChI=1S/C11H11FN2O3/c1-7(15)10(11(16)17-2)14-13-9-6-4-3-5-8(9)12/h3-6,15H,1-2H3. The minimum Gasteiger partial charge on any atom is -0.510 e. The lowest BCUT2D eigenvalue weighted by atomic mass is 10.3. The van der Waals surface area contributed by atoms with Crippen LogP contribution in [-0.4, -0.2) is 18.2 Å². The molecule has 0 aliphatic heterocycles. The zero-order valence-corrected chi connectivity index (χ0v) is 9.35. The number of nitrogens with zero attached hydrogens (tertiary/aromatic N) is 2. The molecule has 0 aromatic heterocycles. The van der Waals surface area contributed by atoms with Crippen LogP contribution in [-0.2, 0) is 9.53 Å². The highest BCUT2D eigenvalue weighted by molar-refractivity contribution is 5.88. The lowest BCUT2D eigenvalue weighted by molar-refractivity contribution is -0.136. The molecule has 90 valence electrons. The highest BCUT2D eigenvalue weighted by atomic mass is 19.1. The first-order valence-electron chi connectivity index (χ1n) is 4.70. The first kappa shape index (κ1) is 12.8. The van der Waals surface area contributed by atoms with E-state index >= 15 is 0 Å². The molecule has 0 fully saturated rings. The van der Waals surface area contributed by atoms with Crippen LogP contribution in [0.3, 0.4) is 0 Å². The van der Waals surface area contributed by atoms with E-state index in [4.69, 9.17) is 0 Å². The third-order valence-corrected chi connectivity index (χ3v) is 1.83. The van der Waals surface area contributed by atoms with Crippen molar-refractivity contribution in [2.75, 3.05) is 7.11 Å². The fraction of sp³-hybridized carbons (Fsp3) is 0.182. The summed E-state index contributed by atoms with van der Waals surface area (Å²) >= 11 is 0. The summed E-state index contributed by atoms with van der Waals surface area (Å²) in [5.74, 6) is -1.77. The number of hydrogen-bond acceptors (Lipinski definition) is 5. The monoisotopic (exact) mass is 238 g/mol. The summed E-state index contributed by atoms with van der Waals surface area (Å²) in [4.78, 5) is 11.2. The zero-order chi connectivity index (χ0) is 12.8. The summed E-state index contributed by atoms with van der Waals surface area (Å²) in [6.07, 6.45) is 0. The molecule has 1 rings (SSSR count). The number of hydrogen-bond donors (Lipinski definition) is 1. The van der Waals surface area contributed by atoms with Crippen LogP contribution < -0.4 is 0 Å². The summed E-state index contributed by atoms with van der Waals surface area (Å²) in [7, 11) is 1.14. The van der Waals surface area contributed by atoms with Gasteiger partial charge in [-0.15, -0.1) is 10.2 Å². The average molecular weight is 238 g/mol. The van der Waals surface area contributed by atoms with E-state index in [0.29, 0.717) is 0 Å². The molecule has 0 aliphatic rings. The maximum absolute atomic E-state index is 13.2. The Morgan fingerprint density at radius 1 is 1.41 bits per heavy atom. The van der Waals surface area contributed by atoms with Crippen molar-refractivity contribution in [3.8, 4) is 0 Å². The van der Waals surface area contributed by atoms with Crippen LogP contribution in [0.4, 0.5) is 10.1 Å². The van der Waals surface area contributed by atoms with Crippen molar-refractivity contribution < 1.29 is 19.0 Å². The predicted octanol–water partition coefficient (Wildman–Crippen LogP) is 2.87. The van der Waals surface area contributed by atoms with E-state index in [9.17, 15) is 14.3 Å². The Morgan fingerprint density at radius 3 is 2.59 bits per heavy atom. The van der Waals surface area contributed by atoms with Crippen LogP contribution in [0.2, 0.25) is 0 Å². The summed E-state index contributed by atoms with van der Waals surface area (Å²) < 4.78 is 17.6. The average Bonchev–Trinajstić information content (AvgIpc) is 2.30. The van der Waals surface area contributed by atoms with E-state index in [-0.39, 0.29) is 17.1 Å². The first-order valence-corrected chi connectivity index (χ1v) is 4.70. The molecule has 0 aliphatic carbocycles. The zero-order valence-electron chi connectivity index (χ0n) is 9.35. The number of ether oxygens (including phenoxy) is 1. The third kappa shape index (κ3) is 3.37. The van der Waals surface area contributed by atoms with Crippen LogP contribution >= 0.6 is 0 Å². The van der Waals surface area contributed by atoms with Crippen molar-refractivity contribution in [2.45, 2.75) is 6.92 Å². The number of carbonyl (C=O) groups is 1. The molecular weight excluding hydrogens is 227 g/mol. The van der Waals surface area contributed by atoms with Crippen molar-refractivity contribution in [1.29, 1.82) is 0 Å². The number of benzene rings is 1. The number of aliphatic hydroxyl groups excluding tert-OH is 1. The molecule has 0 amide bonds. The lowest BCUT2D eigenvalue weighted by Gasteiger charge is -1.99. The molecule has 0 radical (unpaired) electrons. The van der Waals surface area contributed by atoms with E-state index in [1.807, 2.05) is 0 Å². The minimum absolute atomic E-state index is 0.0323. The van der Waals surface area contributed by atoms with Gasteiger partial charge < -0.3 is 9.84 Å². The first-order chi connectivity index (χ1) is 8.06. The molecule has 17 heavy (non-hydrogen) atoms. The van der Waals surface area contributed by atoms with Crippen LogP contribution in [0.5, 0.6) is 0 Å². The number of rotatable bonds is 3. The van der Waals surface area contributed by atoms with Crippen LogP contribution in [0.1, 0.15) is 6.92 Å². The topological polar surface area (TPSA) is 71.2 Å². The number of halogens is 1. The Morgan fingerprint density at radius 2 is 2.06 bits per heavy atom. The summed E-state index contributed by atoms with van der Waals surface area (Å²) in [6.45, 7) is 1.26. The molecule has 1 aromatic carbocycles. The Kier molecular flexibility index (Phi) is 4.33. The van der Waals surface area contributed by atoms with E-state index < -0.39 is 11.8 Å². The molecule has 0 bridgehead atoms. The molecule has 1 aromatic rings. The third-order valence-electron chi connectivity index (χ3n) is 1.83. The molecule has 6 heteroatoms. The van der Waals surface area contributed by atoms with Gasteiger partial charge in [0.2, 0.25) is 5.70 Å². The van der Waals surface area contributed by atoms with Gasteiger partial charge in [0.1, 0.15) is 11.4 Å². The van der Waals surface area contributed by atoms with Crippen LogP contribution in [0.15, 0.2) is 46.0 Å². The SMILES string of the molecule is COC(=O)C(N=Nc1ccccc1F)=C(C)O. The second-order valence-electron chi connectivity index (χ2n) is 3.08. The Hall–Kier alpha value is -2.24. The number of aliphatic hydroxyl groups is 1. The number of methoxy groups -OCH3 is 1. The van der Waals surface area contributed by atoms with Crippen LogP contribution in [0.25, 0.3) is 0 Å². The van der Waals surface area contributed by atoms with Gasteiger partial charge in [-0.25, -0.2) is 9.18 Å². The predicted molar refractivity (Wildman–Crippen MR) is 58.3 cm³/mol. The van der Waals surface area contributed by atoms with Crippen molar-refractivity contribution >= 4 is 11.7 Å². The van der Waals surface area contributed by atoms with Crippen LogP contribution in [0, 0.1) is 5.82 Å². The van der Waals surface area contributed by atoms with Gasteiger partial charge in [0.25, 0.3) is 0 Å². The smallest absolute Gasteiger partial charge is 0.362 e. The van der Waals surface area contributed by atoms with Gasteiger partial charge in [0.05, 0.1) is 7.11 Å². The summed E-state index contributed by atoms with van der Waals surface area (Å²) in [5, 5.41) is 16.2. The number of azo groups is 1. The maximum atomic E-state index is 13.2. The van der Waals surface area contributed by atoms with Gasteiger partial charge in [0.15, 0.2) is 5.82 Å². The molecular formula is C11H11FN2O3. The Balaban J connectivity index is 3.01. The highest BCUT2D eigenvalue weighted by Gasteiger charge is 2.13. The molecule has 0 atom stereocenters. The second-order valence-corrected chi connectivity index (χ2v) is 3.08. The molecule has 0 spiro atoms. The molecule has 0 unspecified atom stereocenters. The number of allylic oxidation sites excluding steroid dienone is 1. The van der Waals surface area contributed by atoms with Gasteiger partial charge in [-0.3, -0.25) is 0 Å². The summed E-state index contributed by atoms with van der Waals surface area (Å²) in [6, 6.07) is 5.68. The Labute approximate surface area is 97.2 Å². The largest absolute Gasteiger partial charge is 0.510 e. The van der Waals surface area contributed by atoms with E-state index in [0.717, 1.165) is 7.11 Å². The minimum atomic E-state index is -0.843. The molecule has 0 heterocycles. The fourth-order valence-electron chi connectivity index (χ4n) is 0.994. The fourth-order valence-corrected chi connectivity index (χ4v) is 0.994. The second kappa shape index (κ2) is 5.74. The van der Waals surface area contributed by atoms with Gasteiger partial charge in [-0.2, -0.15) is 0 Å². The van der Waals surface area contributed by atoms with E-state index in [1.54, 1.807) is 6.07 Å². The Bertz CT molecular complexity index is 479. The van der Waals surface area contributed by atoms with E-state index in [2.05, 4.69) is 15.0 Å². The van der Waals surface area contributed by atoms with Crippen molar-refractivity contribution in [1.82, 2.24) is 0 Å². The molecule has 0 saturated heterocycles. The molecule has 1 N–H and O–H groups in total. The van der Waals surface area contributed by atoms with Gasteiger partial charge >= 0.3 is 5.97 Å². The normalized spacial score (nSPS) is 12.4. The molecule has 5 nitrogen and oxygen atoms in total. The van der Waals surface area contributed by atoms with Gasteiger partial charge in [0, 0.05) is 0 Å². The number of carbonyl (C=O) groups excluding carboxylic acids is 1. The van der Waals surface area contributed by atoms with Crippen molar-refractivity contribution in [3.63, 3.8) is 0 Å². The number of esters is 1. The van der Waals surface area contributed by atoms with Gasteiger partial charge in [-0.05, 0) is 19.1 Å². The van der Waals surface area contributed by atoms with Gasteiger partial charge in [-0.1, -0.05) is 12.1 Å². The summed E-state index contributed by atoms with van der Waals surface area (Å²) in [5.41, 5.74) is -0.397. The van der Waals surface area contributed by atoms with Crippen molar-refractivity contribution in [2.24, 2.45) is 10.2 Å². The highest BCUT2D eigenvalue weighted by Crippen LogP contribution is 2.18.